The van der Waals surface area contributed by atoms with Gasteiger partial charge in [-0.25, -0.2) is 0 Å². The first-order valence-electron chi connectivity index (χ1n) is 3.39. The molecule has 0 N–H and O–H groups in total. The Bertz CT molecular complexity index is 77.5. The topological polar surface area (TPSA) is 21.6 Å². The summed E-state index contributed by atoms with van der Waals surface area (Å²) in [4.78, 5) is 4.76. The van der Waals surface area contributed by atoms with Gasteiger partial charge in [0.05, 0.1) is 0 Å². The van der Waals surface area contributed by atoms with Crippen molar-refractivity contribution in [1.29, 1.82) is 0 Å². The molecule has 0 spiro atoms. The zero-order valence-corrected chi connectivity index (χ0v) is 6.26. The van der Waals surface area contributed by atoms with Crippen LogP contribution in [-0.4, -0.2) is 14.2 Å². The van der Waals surface area contributed by atoms with Gasteiger partial charge in [-0.1, -0.05) is 0 Å². The number of nitrogens with zero attached hydrogens (tertiary/aromatic N) is 1. The zero-order chi connectivity index (χ0) is 7.11. The monoisotopic (exact) mass is 127 g/mol. The SMILES string of the molecule is B=NOCC(C)CCC. The van der Waals surface area contributed by atoms with E-state index >= 15 is 0 Å². The van der Waals surface area contributed by atoms with Crippen molar-refractivity contribution < 1.29 is 4.84 Å². The Hall–Kier alpha value is -0.335. The Morgan fingerprint density at radius 1 is 1.67 bits per heavy atom. The van der Waals surface area contributed by atoms with E-state index in [0.29, 0.717) is 12.5 Å². The third-order valence-electron chi connectivity index (χ3n) is 1.23. The summed E-state index contributed by atoms with van der Waals surface area (Å²) in [7, 11) is 3.22. The second kappa shape index (κ2) is 5.80. The molecule has 2 nitrogen and oxygen atoms in total. The van der Waals surface area contributed by atoms with Crippen LogP contribution in [0.2, 0.25) is 0 Å². The van der Waals surface area contributed by atoms with E-state index in [1.165, 1.54) is 12.8 Å². The molecule has 0 heterocycles. The second-order valence-corrected chi connectivity index (χ2v) is 2.32. The Balaban J connectivity index is 3.04. The van der Waals surface area contributed by atoms with E-state index in [9.17, 15) is 0 Å². The zero-order valence-electron chi connectivity index (χ0n) is 6.26. The van der Waals surface area contributed by atoms with Gasteiger partial charge in [0.1, 0.15) is 0 Å². The van der Waals surface area contributed by atoms with Gasteiger partial charge in [0.25, 0.3) is 0 Å². The molecule has 0 amide bonds. The molecule has 0 bridgehead atoms. The number of hydrogen-bond donors (Lipinski definition) is 0. The van der Waals surface area contributed by atoms with Crippen LogP contribution in [-0.2, 0) is 4.84 Å². The predicted molar refractivity (Wildman–Crippen MR) is 39.6 cm³/mol. The van der Waals surface area contributed by atoms with Crippen molar-refractivity contribution in [3.05, 3.63) is 0 Å². The third kappa shape index (κ3) is 5.54. The maximum absolute atomic E-state index is 4.76. The summed E-state index contributed by atoms with van der Waals surface area (Å²) in [6.07, 6.45) is 2.41. The molecule has 52 valence electrons. The normalized spacial score (nSPS) is 12.6. The summed E-state index contributed by atoms with van der Waals surface area (Å²) in [6.45, 7) is 5.02. The van der Waals surface area contributed by atoms with Crippen LogP contribution in [0.3, 0.4) is 0 Å². The van der Waals surface area contributed by atoms with E-state index in [4.69, 9.17) is 4.84 Å². The molecule has 0 aliphatic heterocycles. The van der Waals surface area contributed by atoms with Crippen molar-refractivity contribution in [1.82, 2.24) is 0 Å². The first-order valence-corrected chi connectivity index (χ1v) is 3.39. The first-order chi connectivity index (χ1) is 4.31. The molecular weight excluding hydrogens is 113 g/mol. The average Bonchev–Trinajstić information content (AvgIpc) is 1.85. The fourth-order valence-corrected chi connectivity index (χ4v) is 0.756. The predicted octanol–water partition coefficient (Wildman–Crippen LogP) is 1.44. The van der Waals surface area contributed by atoms with E-state index in [2.05, 4.69) is 26.5 Å². The number of hydrogen-bond acceptors (Lipinski definition) is 2. The average molecular weight is 127 g/mol. The van der Waals surface area contributed by atoms with Crippen LogP contribution in [0.4, 0.5) is 0 Å². The van der Waals surface area contributed by atoms with E-state index in [0.717, 1.165) is 0 Å². The van der Waals surface area contributed by atoms with Gasteiger partial charge >= 0.3 is 56.7 Å². The van der Waals surface area contributed by atoms with Crippen molar-refractivity contribution in [2.75, 3.05) is 6.61 Å². The van der Waals surface area contributed by atoms with Gasteiger partial charge in [-0.05, 0) is 0 Å². The Kier molecular flexibility index (Phi) is 5.58. The van der Waals surface area contributed by atoms with Crippen molar-refractivity contribution in [3.63, 3.8) is 0 Å². The molecule has 0 aliphatic carbocycles. The third-order valence-corrected chi connectivity index (χ3v) is 1.23. The molecule has 0 saturated carbocycles. The standard InChI is InChI=1S/C6H14BNO/c1-3-4-6(2)5-9-8-7/h6-7H,3-5H2,1-2H3. The molecule has 1 atom stereocenters. The summed E-state index contributed by atoms with van der Waals surface area (Å²) in [5.41, 5.74) is 0. The molecule has 0 saturated heterocycles. The van der Waals surface area contributed by atoms with Crippen LogP contribution < -0.4 is 0 Å². The fourth-order valence-electron chi connectivity index (χ4n) is 0.756. The molecule has 0 aromatic carbocycles. The number of rotatable bonds is 5. The minimum atomic E-state index is 0.612. The minimum absolute atomic E-state index is 0.612. The van der Waals surface area contributed by atoms with Crippen LogP contribution in [0, 0.1) is 5.92 Å². The fraction of sp³-hybridized carbons (Fsp3) is 1.00. The molecular formula is C6H14BNO. The summed E-state index contributed by atoms with van der Waals surface area (Å²) in [5, 5.41) is 3.31. The van der Waals surface area contributed by atoms with Gasteiger partial charge in [0.2, 0.25) is 0 Å². The van der Waals surface area contributed by atoms with Gasteiger partial charge in [0, 0.05) is 0 Å². The Morgan fingerprint density at radius 2 is 2.33 bits per heavy atom. The molecule has 9 heavy (non-hydrogen) atoms. The van der Waals surface area contributed by atoms with Crippen LogP contribution in [0.5, 0.6) is 0 Å². The van der Waals surface area contributed by atoms with Gasteiger partial charge in [-0.3, -0.25) is 0 Å². The van der Waals surface area contributed by atoms with Crippen LogP contribution in [0.1, 0.15) is 26.7 Å². The molecule has 0 aromatic rings. The quantitative estimate of drug-likeness (QED) is 0.404. The second-order valence-electron chi connectivity index (χ2n) is 2.32. The molecule has 0 rings (SSSR count). The molecule has 3 heteroatoms. The van der Waals surface area contributed by atoms with Crippen molar-refractivity contribution in [2.45, 2.75) is 26.7 Å². The van der Waals surface area contributed by atoms with Crippen molar-refractivity contribution in [3.8, 4) is 0 Å². The van der Waals surface area contributed by atoms with E-state index in [-0.39, 0.29) is 0 Å². The first kappa shape index (κ1) is 8.66. The van der Waals surface area contributed by atoms with E-state index < -0.39 is 0 Å². The summed E-state index contributed by atoms with van der Waals surface area (Å²) in [6, 6.07) is 0. The van der Waals surface area contributed by atoms with Gasteiger partial charge < -0.3 is 0 Å². The molecule has 0 aliphatic rings. The van der Waals surface area contributed by atoms with Gasteiger partial charge in [-0.2, -0.15) is 0 Å². The van der Waals surface area contributed by atoms with Gasteiger partial charge in [0.15, 0.2) is 0 Å². The molecule has 1 unspecified atom stereocenters. The summed E-state index contributed by atoms with van der Waals surface area (Å²) >= 11 is 0. The van der Waals surface area contributed by atoms with E-state index in [1.807, 2.05) is 0 Å². The molecule has 0 fully saturated rings. The van der Waals surface area contributed by atoms with Crippen molar-refractivity contribution in [2.24, 2.45) is 11.0 Å². The summed E-state index contributed by atoms with van der Waals surface area (Å²) < 4.78 is 0. The Morgan fingerprint density at radius 3 is 2.78 bits per heavy atom. The van der Waals surface area contributed by atoms with Crippen molar-refractivity contribution >= 4 is 7.64 Å². The van der Waals surface area contributed by atoms with Crippen LogP contribution in [0.15, 0.2) is 5.06 Å². The van der Waals surface area contributed by atoms with E-state index in [1.54, 1.807) is 0 Å². The summed E-state index contributed by atoms with van der Waals surface area (Å²) in [5.74, 6) is 0.612. The molecule has 0 aromatic heterocycles. The van der Waals surface area contributed by atoms with Gasteiger partial charge in [-0.15, -0.1) is 0 Å². The van der Waals surface area contributed by atoms with Crippen LogP contribution >= 0.6 is 0 Å². The molecule has 0 radical (unpaired) electrons. The van der Waals surface area contributed by atoms with Crippen LogP contribution in [0.25, 0.3) is 0 Å². The Labute approximate surface area is 57.7 Å². The maximum atomic E-state index is 4.76.